The van der Waals surface area contributed by atoms with Gasteiger partial charge in [0.05, 0.1) is 12.6 Å². The van der Waals surface area contributed by atoms with E-state index in [0.29, 0.717) is 13.0 Å². The van der Waals surface area contributed by atoms with Crippen molar-refractivity contribution in [1.29, 1.82) is 0 Å². The number of aliphatic hydroxyl groups is 1. The highest BCUT2D eigenvalue weighted by atomic mass is 79.9. The van der Waals surface area contributed by atoms with Crippen LogP contribution in [0.25, 0.3) is 10.9 Å². The Morgan fingerprint density at radius 1 is 1.38 bits per heavy atom. The van der Waals surface area contributed by atoms with Crippen LogP contribution in [-0.4, -0.2) is 39.7 Å². The summed E-state index contributed by atoms with van der Waals surface area (Å²) in [5.41, 5.74) is 1.14. The van der Waals surface area contributed by atoms with Crippen LogP contribution in [-0.2, 0) is 11.3 Å². The number of likely N-dealkylation sites (tertiary alicyclic amines) is 1. The van der Waals surface area contributed by atoms with Gasteiger partial charge >= 0.3 is 0 Å². The average Bonchev–Trinajstić information content (AvgIpc) is 3.10. The lowest BCUT2D eigenvalue weighted by molar-refractivity contribution is -0.132. The number of aromatic nitrogens is 1. The monoisotopic (exact) mass is 350 g/mol. The highest BCUT2D eigenvalue weighted by Gasteiger charge is 2.27. The van der Waals surface area contributed by atoms with Crippen LogP contribution >= 0.6 is 15.9 Å². The number of nitrogens with zero attached hydrogens (tertiary/aromatic N) is 2. The van der Waals surface area contributed by atoms with E-state index >= 15 is 0 Å². The fraction of sp³-hybridized carbons (Fsp3) is 0.438. The number of fused-ring (bicyclic) bond motifs is 1. The van der Waals surface area contributed by atoms with Crippen LogP contribution in [0.2, 0.25) is 0 Å². The molecule has 1 aliphatic rings. The van der Waals surface area contributed by atoms with E-state index in [4.69, 9.17) is 0 Å². The van der Waals surface area contributed by atoms with Crippen molar-refractivity contribution in [3.05, 3.63) is 34.9 Å². The van der Waals surface area contributed by atoms with Crippen molar-refractivity contribution < 1.29 is 9.90 Å². The second kappa shape index (κ2) is 6.20. The first-order valence-electron chi connectivity index (χ1n) is 7.34. The second-order valence-electron chi connectivity index (χ2n) is 5.53. The Labute approximate surface area is 132 Å². The molecule has 1 aromatic heterocycles. The molecule has 3 rings (SSSR count). The molecule has 2 heterocycles. The molecule has 21 heavy (non-hydrogen) atoms. The maximum absolute atomic E-state index is 12.3. The van der Waals surface area contributed by atoms with Gasteiger partial charge in [-0.1, -0.05) is 15.9 Å². The lowest BCUT2D eigenvalue weighted by atomic mass is 10.2. The SMILES string of the molecule is O=C(CCn1ccc2cc(Br)ccc21)N1CCC[C@H]1CO. The summed E-state index contributed by atoms with van der Waals surface area (Å²) in [6, 6.07) is 8.25. The van der Waals surface area contributed by atoms with Crippen LogP contribution in [0.4, 0.5) is 0 Å². The Hall–Kier alpha value is -1.33. The first-order chi connectivity index (χ1) is 10.2. The number of rotatable bonds is 4. The van der Waals surface area contributed by atoms with Gasteiger partial charge in [-0.3, -0.25) is 4.79 Å². The molecule has 112 valence electrons. The summed E-state index contributed by atoms with van der Waals surface area (Å²) in [6.07, 6.45) is 4.42. The summed E-state index contributed by atoms with van der Waals surface area (Å²) in [6.45, 7) is 1.54. The van der Waals surface area contributed by atoms with E-state index in [2.05, 4.69) is 38.7 Å². The van der Waals surface area contributed by atoms with E-state index < -0.39 is 0 Å². The van der Waals surface area contributed by atoms with Gasteiger partial charge in [0.15, 0.2) is 0 Å². The lowest BCUT2D eigenvalue weighted by Gasteiger charge is -2.23. The van der Waals surface area contributed by atoms with E-state index in [9.17, 15) is 9.90 Å². The Balaban J connectivity index is 1.67. The summed E-state index contributed by atoms with van der Waals surface area (Å²) in [5, 5.41) is 10.5. The van der Waals surface area contributed by atoms with Crippen molar-refractivity contribution in [2.75, 3.05) is 13.2 Å². The highest BCUT2D eigenvalue weighted by molar-refractivity contribution is 9.10. The zero-order valence-electron chi connectivity index (χ0n) is 11.8. The van der Waals surface area contributed by atoms with Gasteiger partial charge in [0.2, 0.25) is 5.91 Å². The Morgan fingerprint density at radius 2 is 2.24 bits per heavy atom. The summed E-state index contributed by atoms with van der Waals surface area (Å²) < 4.78 is 3.18. The van der Waals surface area contributed by atoms with Gasteiger partial charge in [0.25, 0.3) is 0 Å². The average molecular weight is 351 g/mol. The van der Waals surface area contributed by atoms with Crippen LogP contribution in [0.15, 0.2) is 34.9 Å². The number of carbonyl (C=O) groups is 1. The van der Waals surface area contributed by atoms with Gasteiger partial charge in [0, 0.05) is 41.1 Å². The molecule has 1 aliphatic heterocycles. The normalized spacial score (nSPS) is 18.6. The number of aliphatic hydroxyl groups excluding tert-OH is 1. The minimum Gasteiger partial charge on any atom is -0.394 e. The molecule has 5 heteroatoms. The van der Waals surface area contributed by atoms with Gasteiger partial charge in [-0.2, -0.15) is 0 Å². The van der Waals surface area contributed by atoms with E-state index in [-0.39, 0.29) is 18.6 Å². The highest BCUT2D eigenvalue weighted by Crippen LogP contribution is 2.22. The van der Waals surface area contributed by atoms with Crippen molar-refractivity contribution in [3.8, 4) is 0 Å². The van der Waals surface area contributed by atoms with E-state index in [1.807, 2.05) is 17.2 Å². The number of carbonyl (C=O) groups excluding carboxylic acids is 1. The predicted octanol–water partition coefficient (Wildman–Crippen LogP) is 2.78. The minimum atomic E-state index is 0.0230. The van der Waals surface area contributed by atoms with Crippen LogP contribution in [0.3, 0.4) is 0 Å². The number of benzene rings is 1. The molecule has 0 saturated carbocycles. The molecule has 0 aliphatic carbocycles. The molecule has 0 radical (unpaired) electrons. The molecule has 1 saturated heterocycles. The predicted molar refractivity (Wildman–Crippen MR) is 86.1 cm³/mol. The smallest absolute Gasteiger partial charge is 0.224 e. The molecule has 4 nitrogen and oxygen atoms in total. The van der Waals surface area contributed by atoms with Crippen molar-refractivity contribution in [3.63, 3.8) is 0 Å². The first kappa shape index (κ1) is 14.6. The number of hydrogen-bond acceptors (Lipinski definition) is 2. The molecule has 0 bridgehead atoms. The van der Waals surface area contributed by atoms with Crippen molar-refractivity contribution in [2.24, 2.45) is 0 Å². The van der Waals surface area contributed by atoms with Gasteiger partial charge in [-0.15, -0.1) is 0 Å². The number of amides is 1. The van der Waals surface area contributed by atoms with Crippen molar-refractivity contribution in [1.82, 2.24) is 9.47 Å². The van der Waals surface area contributed by atoms with Gasteiger partial charge in [-0.25, -0.2) is 0 Å². The standard InChI is InChI=1S/C16H19BrN2O2/c17-13-3-4-15-12(10-13)5-8-18(15)9-6-16(21)19-7-1-2-14(19)11-20/h3-5,8,10,14,20H,1-2,6-7,9,11H2/t14-/m0/s1. The van der Waals surface area contributed by atoms with Gasteiger partial charge in [0.1, 0.15) is 0 Å². The van der Waals surface area contributed by atoms with E-state index in [1.165, 1.54) is 5.39 Å². The summed E-state index contributed by atoms with van der Waals surface area (Å²) in [4.78, 5) is 14.1. The topological polar surface area (TPSA) is 45.5 Å². The van der Waals surface area contributed by atoms with Crippen molar-refractivity contribution >= 4 is 32.7 Å². The van der Waals surface area contributed by atoms with E-state index in [1.54, 1.807) is 0 Å². The van der Waals surface area contributed by atoms with E-state index in [0.717, 1.165) is 29.4 Å². The van der Waals surface area contributed by atoms with Crippen LogP contribution < -0.4 is 0 Å². The molecule has 1 aromatic carbocycles. The number of halogens is 1. The molecular formula is C16H19BrN2O2. The fourth-order valence-electron chi connectivity index (χ4n) is 3.08. The maximum Gasteiger partial charge on any atom is 0.224 e. The first-order valence-corrected chi connectivity index (χ1v) is 8.13. The van der Waals surface area contributed by atoms with Crippen LogP contribution in [0.5, 0.6) is 0 Å². The third-order valence-corrected chi connectivity index (χ3v) is 4.70. The Kier molecular flexibility index (Phi) is 4.31. The maximum atomic E-state index is 12.3. The largest absolute Gasteiger partial charge is 0.394 e. The van der Waals surface area contributed by atoms with Crippen LogP contribution in [0, 0.1) is 0 Å². The minimum absolute atomic E-state index is 0.0230. The molecule has 1 atom stereocenters. The molecule has 2 aromatic rings. The molecule has 1 N–H and O–H groups in total. The second-order valence-corrected chi connectivity index (χ2v) is 6.44. The third kappa shape index (κ3) is 2.99. The summed E-state index contributed by atoms with van der Waals surface area (Å²) in [7, 11) is 0. The Bertz CT molecular complexity index is 653. The lowest BCUT2D eigenvalue weighted by Crippen LogP contribution is -2.37. The summed E-state index contributed by atoms with van der Waals surface area (Å²) in [5.74, 6) is 0.144. The molecule has 0 unspecified atom stereocenters. The van der Waals surface area contributed by atoms with Gasteiger partial charge < -0.3 is 14.6 Å². The quantitative estimate of drug-likeness (QED) is 0.921. The summed E-state index contributed by atoms with van der Waals surface area (Å²) >= 11 is 3.47. The molecular weight excluding hydrogens is 332 g/mol. The fourth-order valence-corrected chi connectivity index (χ4v) is 3.46. The van der Waals surface area contributed by atoms with Crippen molar-refractivity contribution in [2.45, 2.75) is 31.8 Å². The van der Waals surface area contributed by atoms with Crippen LogP contribution in [0.1, 0.15) is 19.3 Å². The third-order valence-electron chi connectivity index (χ3n) is 4.21. The van der Waals surface area contributed by atoms with Gasteiger partial charge in [-0.05, 0) is 37.1 Å². The zero-order chi connectivity index (χ0) is 14.8. The zero-order valence-corrected chi connectivity index (χ0v) is 13.4. The molecule has 0 spiro atoms. The molecule has 1 fully saturated rings. The number of aryl methyl sites for hydroxylation is 1. The number of hydrogen-bond donors (Lipinski definition) is 1. The molecule has 1 amide bonds. The Morgan fingerprint density at radius 3 is 3.05 bits per heavy atom.